The summed E-state index contributed by atoms with van der Waals surface area (Å²) in [5, 5.41) is 33.1. The molecule has 17 unspecified atom stereocenters. The molecule has 2 aromatic rings. The standard InChI is InChI=1S/C89H119Cl2N9O25S2/c1-48-21-17-23-51(4)88(116)44-63(120-84(114)94-88)52(5)79-86(9,124-79)67(42-73(107)98(13)60-38-56(35-48)37-50(3)77(60)90)122-82(112)54(7)96(11)71(105)30-33-126-65-41-75(109)100(81(65)111)32-20-26-69(103)92-47-59(102)28-29-70(104)93-46-58(101)24-19-27-76(110)127-34-31-72(106)97(12)55(8)83(113)123-68-43-74(108)99(14)61-39-57(40-62(118-15)78(61)91)36-49(2)22-18-25-66(119-16)89(117)45-64(121-85(115)95-89)53(6)80-87(68,10)125-80/h17-18,21-23,25,37-40,51-55,63-68,79-80,116-117H,19-20,24,26-36,41-47H2,1-16H3,(H,92,103)(H,93,104)(H,94,114)(H,95,115)/b23-17+,25-18+,48-21+,49-22+. The molecule has 7 aliphatic rings. The number of anilines is 2. The molecule has 8 bridgehead atoms. The number of fused-ring (bicyclic) bond motifs is 10. The van der Waals surface area contributed by atoms with Crippen molar-refractivity contribution in [1.29, 1.82) is 0 Å². The number of nitrogens with one attached hydrogen (secondary N) is 4. The van der Waals surface area contributed by atoms with Crippen LogP contribution in [0.5, 0.6) is 5.75 Å². The Morgan fingerprint density at radius 3 is 1.64 bits per heavy atom. The highest BCUT2D eigenvalue weighted by Crippen LogP contribution is 2.52. The fourth-order valence-corrected chi connectivity index (χ4v) is 18.6. The number of aliphatic hydroxyl groups is 2. The van der Waals surface area contributed by atoms with Crippen LogP contribution in [0, 0.1) is 24.7 Å². The minimum Gasteiger partial charge on any atom is -0.495 e. The summed E-state index contributed by atoms with van der Waals surface area (Å²) in [7, 11) is 8.71. The molecule has 7 heterocycles. The Balaban J connectivity index is 0.650. The Morgan fingerprint density at radius 1 is 0.614 bits per heavy atom. The topological polar surface area (TPSA) is 441 Å². The second-order valence-corrected chi connectivity index (χ2v) is 37.5. The summed E-state index contributed by atoms with van der Waals surface area (Å²) in [6, 6.07) is 4.82. The van der Waals surface area contributed by atoms with E-state index >= 15 is 0 Å². The fraction of sp³-hybridized carbons (Fsp3) is 0.607. The number of ketones is 2. The maximum atomic E-state index is 14.4. The van der Waals surface area contributed by atoms with Crippen molar-refractivity contribution in [1.82, 2.24) is 36.0 Å². The Kier molecular flexibility index (Phi) is 35.1. The minimum absolute atomic E-state index is 0.0179. The van der Waals surface area contributed by atoms with E-state index in [1.807, 2.05) is 51.1 Å². The number of carbonyl (C=O) groups is 15. The number of alkyl carbamates (subject to hydrolysis) is 2. The number of methoxy groups -OCH3 is 2. The van der Waals surface area contributed by atoms with E-state index in [9.17, 15) is 82.1 Å². The summed E-state index contributed by atoms with van der Waals surface area (Å²) < 4.78 is 47.7. The highest BCUT2D eigenvalue weighted by molar-refractivity contribution is 8.13. The largest absolute Gasteiger partial charge is 0.495 e. The van der Waals surface area contributed by atoms with Crippen LogP contribution in [-0.4, -0.2) is 269 Å². The number of aryl methyl sites for hydroxylation is 1. The molecule has 6 N–H and O–H groups in total. The van der Waals surface area contributed by atoms with Gasteiger partial charge in [0.25, 0.3) is 0 Å². The van der Waals surface area contributed by atoms with Crippen molar-refractivity contribution in [3.63, 3.8) is 0 Å². The molecule has 0 aromatic heterocycles. The van der Waals surface area contributed by atoms with Gasteiger partial charge in [0.1, 0.15) is 70.3 Å². The number of imide groups is 1. The third-order valence-electron chi connectivity index (χ3n) is 24.8. The predicted octanol–water partition coefficient (Wildman–Crippen LogP) is 7.97. The molecule has 696 valence electrons. The van der Waals surface area contributed by atoms with Crippen molar-refractivity contribution in [3.8, 4) is 5.75 Å². The lowest BCUT2D eigenvalue weighted by Gasteiger charge is -2.42. The first-order valence-electron chi connectivity index (χ1n) is 42.5. The molecule has 0 spiro atoms. The zero-order valence-corrected chi connectivity index (χ0v) is 77.9. The van der Waals surface area contributed by atoms with Crippen molar-refractivity contribution in [3.05, 3.63) is 98.6 Å². The summed E-state index contributed by atoms with van der Waals surface area (Å²) >= 11 is 15.6. The first-order chi connectivity index (χ1) is 59.7. The third kappa shape index (κ3) is 25.9. The number of halogens is 2. The summed E-state index contributed by atoms with van der Waals surface area (Å²) in [5.41, 5.74) is -1.42. The average Bonchev–Trinajstić information content (AvgIpc) is 1.57. The molecule has 2 aromatic carbocycles. The molecule has 7 aliphatic heterocycles. The number of amides is 10. The minimum atomic E-state index is -1.92. The summed E-state index contributed by atoms with van der Waals surface area (Å²) in [4.78, 5) is 207. The van der Waals surface area contributed by atoms with Crippen molar-refractivity contribution in [2.24, 2.45) is 17.8 Å². The number of likely N-dealkylation sites (N-methyl/N-ethyl adjacent to an activating group) is 2. The number of carbonyl (C=O) groups excluding carboxylic acids is 15. The van der Waals surface area contributed by atoms with Crippen LogP contribution in [0.25, 0.3) is 0 Å². The van der Waals surface area contributed by atoms with Gasteiger partial charge < -0.3 is 78.3 Å². The van der Waals surface area contributed by atoms with Gasteiger partial charge in [-0.3, -0.25) is 68.3 Å². The van der Waals surface area contributed by atoms with Gasteiger partial charge in [-0.25, -0.2) is 19.2 Å². The lowest BCUT2D eigenvalue weighted by Crippen LogP contribution is -2.63. The molecule has 0 saturated carbocycles. The van der Waals surface area contributed by atoms with Crippen molar-refractivity contribution in [2.45, 2.75) is 255 Å². The number of likely N-dealkylation sites (tertiary alicyclic amines) is 1. The van der Waals surface area contributed by atoms with Crippen LogP contribution in [-0.2, 0) is 108 Å². The second-order valence-electron chi connectivity index (χ2n) is 34.3. The molecule has 5 saturated heterocycles. The van der Waals surface area contributed by atoms with Crippen molar-refractivity contribution >= 4 is 146 Å². The maximum absolute atomic E-state index is 14.4. The first-order valence-corrected chi connectivity index (χ1v) is 45.3. The SMILES string of the molecule is COc1cc2cc(c1Cl)N(C)C(=O)CC(OC(=O)C(C)N(C)C(=O)CCSC(=O)CCCC(=O)CNC(=O)CCC(=O)CNC(=O)CCCN1C(=O)CC(SCCC(=O)N(C)C(C)C(=O)OC3CC(=O)N(C)c4cc(cc(C)c4Cl)C/C(C)=C/C=C/C(C)C4(O)CC(OC(=O)N4)C(C)C4OC34C)C1=O)C1(C)OC1C(C)C1CC(O)(NC(=O)O1)C(OC)/C=C/C=C(\C)C2. The number of rotatable bonds is 30. The van der Waals surface area contributed by atoms with E-state index < -0.39 is 191 Å². The van der Waals surface area contributed by atoms with E-state index in [0.29, 0.717) is 35.0 Å². The monoisotopic (exact) mass is 1850 g/mol. The van der Waals surface area contributed by atoms with E-state index in [0.717, 1.165) is 61.2 Å². The molecule has 10 amide bonds. The normalized spacial score (nSPS) is 29.2. The van der Waals surface area contributed by atoms with Gasteiger partial charge in [-0.15, -0.1) is 11.8 Å². The molecule has 0 aliphatic carbocycles. The van der Waals surface area contributed by atoms with Crippen LogP contribution < -0.4 is 35.8 Å². The smallest absolute Gasteiger partial charge is 0.409 e. The zero-order chi connectivity index (χ0) is 93.6. The Hall–Kier alpha value is -9.27. The Morgan fingerprint density at radius 2 is 1.10 bits per heavy atom. The number of ether oxygens (including phenoxy) is 8. The predicted molar refractivity (Wildman–Crippen MR) is 471 cm³/mol. The molecule has 5 fully saturated rings. The first kappa shape index (κ1) is 101. The molecule has 9 rings (SSSR count). The summed E-state index contributed by atoms with van der Waals surface area (Å²) in [6.07, 6.45) is 0.767. The average molecular weight is 1850 g/mol. The van der Waals surface area contributed by atoms with Crippen LogP contribution >= 0.6 is 46.7 Å². The number of hydrogen-bond acceptors (Lipinski definition) is 27. The maximum Gasteiger partial charge on any atom is 0.409 e. The van der Waals surface area contributed by atoms with Gasteiger partial charge in [-0.2, -0.15) is 0 Å². The fourth-order valence-electron chi connectivity index (χ4n) is 16.2. The lowest BCUT2D eigenvalue weighted by atomic mass is 9.82. The summed E-state index contributed by atoms with van der Waals surface area (Å²) in [5.74, 6) is -8.17. The van der Waals surface area contributed by atoms with Crippen LogP contribution in [0.3, 0.4) is 0 Å². The number of epoxide rings is 2. The Labute approximate surface area is 758 Å². The van der Waals surface area contributed by atoms with Gasteiger partial charge in [-0.05, 0) is 109 Å². The van der Waals surface area contributed by atoms with Crippen LogP contribution in [0.2, 0.25) is 10.0 Å². The zero-order valence-electron chi connectivity index (χ0n) is 74.7. The van der Waals surface area contributed by atoms with Crippen molar-refractivity contribution in [2.75, 3.05) is 83.4 Å². The molecular weight excluding hydrogens is 1730 g/mol. The van der Waals surface area contributed by atoms with E-state index in [2.05, 4.69) is 21.3 Å². The molecular formula is C89H119Cl2N9O25S2. The summed E-state index contributed by atoms with van der Waals surface area (Å²) in [6.45, 7) is 16.3. The van der Waals surface area contributed by atoms with Gasteiger partial charge in [-0.1, -0.05) is 109 Å². The highest BCUT2D eigenvalue weighted by Gasteiger charge is 2.66. The number of hydrogen-bond donors (Lipinski definition) is 6. The van der Waals surface area contributed by atoms with Gasteiger partial charge in [0.15, 0.2) is 22.4 Å². The van der Waals surface area contributed by atoms with E-state index in [1.165, 1.54) is 63.9 Å². The second kappa shape index (κ2) is 43.9. The third-order valence-corrected chi connectivity index (χ3v) is 27.8. The van der Waals surface area contributed by atoms with E-state index in [1.54, 1.807) is 72.0 Å². The van der Waals surface area contributed by atoms with E-state index in [4.69, 9.17) is 61.1 Å². The van der Waals surface area contributed by atoms with Gasteiger partial charge in [0.2, 0.25) is 47.3 Å². The quantitative estimate of drug-likeness (QED) is 0.0187. The number of Topliss-reactive ketones (excluding diaryl/α,β-unsaturated/α-hetero) is 2. The van der Waals surface area contributed by atoms with E-state index in [-0.39, 0.29) is 124 Å². The van der Waals surface area contributed by atoms with Crippen LogP contribution in [0.1, 0.15) is 169 Å². The molecule has 17 atom stereocenters. The Bertz CT molecular complexity index is 4680. The van der Waals surface area contributed by atoms with Gasteiger partial charge >= 0.3 is 24.1 Å². The number of esters is 2. The number of benzene rings is 2. The molecule has 34 nitrogen and oxygen atoms in total. The van der Waals surface area contributed by atoms with Crippen LogP contribution in [0.15, 0.2) is 71.9 Å². The number of nitrogens with zero attached hydrogens (tertiary/aromatic N) is 5. The highest BCUT2D eigenvalue weighted by atomic mass is 35.5. The lowest BCUT2D eigenvalue weighted by molar-refractivity contribution is -0.162. The number of allylic oxidation sites excluding steroid dienone is 6. The molecule has 0 radical (unpaired) electrons. The molecule has 127 heavy (non-hydrogen) atoms. The molecule has 38 heteroatoms. The van der Waals surface area contributed by atoms with Gasteiger partial charge in [0, 0.05) is 135 Å². The van der Waals surface area contributed by atoms with Crippen molar-refractivity contribution < 1.29 is 120 Å². The van der Waals surface area contributed by atoms with Crippen LogP contribution in [0.4, 0.5) is 21.0 Å². The number of thioether (sulfide) groups is 2. The van der Waals surface area contributed by atoms with Gasteiger partial charge in [0.05, 0.1) is 66.9 Å².